The van der Waals surface area contributed by atoms with Gasteiger partial charge in [-0.05, 0) is 18.6 Å². The molecule has 3 heteroatoms. The molecule has 0 bridgehead atoms. The Kier molecular flexibility index (Phi) is 3.82. The third-order valence-electron chi connectivity index (χ3n) is 1.74. The van der Waals surface area contributed by atoms with E-state index >= 15 is 0 Å². The maximum atomic E-state index is 10.1. The lowest BCUT2D eigenvalue weighted by atomic mass is 10.4. The molecule has 1 fully saturated rings. The molecule has 0 spiro atoms. The Hall–Kier alpha value is -1.51. The van der Waals surface area contributed by atoms with Crippen LogP contribution in [0.2, 0.25) is 0 Å². The van der Waals surface area contributed by atoms with Crippen molar-refractivity contribution >= 4 is 12.1 Å². The van der Waals surface area contributed by atoms with E-state index in [0.717, 1.165) is 19.4 Å². The molecule has 0 saturated carbocycles. The van der Waals surface area contributed by atoms with Gasteiger partial charge in [0.1, 0.15) is 0 Å². The Labute approximate surface area is 78.1 Å². The monoisotopic (exact) mass is 178 g/mol. The zero-order valence-electron chi connectivity index (χ0n) is 7.57. The molecule has 1 N–H and O–H groups in total. The lowest BCUT2D eigenvalue weighted by Gasteiger charge is -1.82. The minimum Gasteiger partial charge on any atom is -0.356 e. The molecule has 1 aliphatic heterocycles. The lowest BCUT2D eigenvalue weighted by Crippen LogP contribution is -2.12. The fraction of sp³-hybridized carbons (Fsp3) is 0.300. The Morgan fingerprint density at radius 2 is 2.15 bits per heavy atom. The quantitative estimate of drug-likeness (QED) is 0.694. The molecule has 0 unspecified atom stereocenters. The van der Waals surface area contributed by atoms with E-state index in [2.05, 4.69) is 11.9 Å². The van der Waals surface area contributed by atoms with Gasteiger partial charge in [-0.15, -0.1) is 0 Å². The minimum atomic E-state index is 0.204. The first-order valence-corrected chi connectivity index (χ1v) is 4.34. The Morgan fingerprint density at radius 1 is 1.46 bits per heavy atom. The van der Waals surface area contributed by atoms with Crippen molar-refractivity contribution in [1.29, 1.82) is 0 Å². The summed E-state index contributed by atoms with van der Waals surface area (Å²) in [7, 11) is 0. The van der Waals surface area contributed by atoms with Gasteiger partial charge in [0.05, 0.1) is 0 Å². The summed E-state index contributed by atoms with van der Waals surface area (Å²) in [5.74, 6) is 0.204. The summed E-state index contributed by atoms with van der Waals surface area (Å²) in [6.07, 6.45) is 7.39. The predicted octanol–water partition coefficient (Wildman–Crippen LogP) is 1.48. The largest absolute Gasteiger partial charge is 0.356 e. The Balaban J connectivity index is 0.000000132. The Morgan fingerprint density at radius 3 is 2.38 bits per heavy atom. The van der Waals surface area contributed by atoms with Gasteiger partial charge in [0.15, 0.2) is 0 Å². The molecule has 2 heterocycles. The summed E-state index contributed by atoms with van der Waals surface area (Å²) in [5.41, 5.74) is 0. The van der Waals surface area contributed by atoms with Gasteiger partial charge in [-0.3, -0.25) is 4.79 Å². The fourth-order valence-corrected chi connectivity index (χ4v) is 1.03. The summed E-state index contributed by atoms with van der Waals surface area (Å²) >= 11 is 0. The third kappa shape index (κ3) is 3.60. The maximum absolute atomic E-state index is 10.1. The Bertz CT molecular complexity index is 256. The molecule has 0 aliphatic carbocycles. The van der Waals surface area contributed by atoms with Crippen LogP contribution in [0.1, 0.15) is 12.8 Å². The molecule has 1 saturated heterocycles. The zero-order chi connectivity index (χ0) is 9.52. The molecule has 1 amide bonds. The maximum Gasteiger partial charge on any atom is 0.220 e. The molecule has 2 rings (SSSR count). The first-order chi connectivity index (χ1) is 6.33. The smallest absolute Gasteiger partial charge is 0.220 e. The second kappa shape index (κ2) is 5.19. The van der Waals surface area contributed by atoms with E-state index in [-0.39, 0.29) is 5.91 Å². The van der Waals surface area contributed by atoms with Gasteiger partial charge < -0.3 is 9.88 Å². The first kappa shape index (κ1) is 9.58. The van der Waals surface area contributed by atoms with Crippen LogP contribution >= 0.6 is 0 Å². The van der Waals surface area contributed by atoms with Crippen LogP contribution in [0.3, 0.4) is 0 Å². The fourth-order valence-electron chi connectivity index (χ4n) is 1.03. The highest BCUT2D eigenvalue weighted by molar-refractivity contribution is 5.77. The number of nitrogens with zero attached hydrogens (tertiary/aromatic N) is 1. The van der Waals surface area contributed by atoms with Crippen molar-refractivity contribution in [1.82, 2.24) is 9.88 Å². The molecule has 1 aromatic heterocycles. The van der Waals surface area contributed by atoms with Crippen molar-refractivity contribution in [2.45, 2.75) is 12.8 Å². The van der Waals surface area contributed by atoms with Crippen molar-refractivity contribution in [3.05, 3.63) is 31.1 Å². The van der Waals surface area contributed by atoms with Crippen LogP contribution in [0.15, 0.2) is 31.1 Å². The second-order valence-corrected chi connectivity index (χ2v) is 2.77. The van der Waals surface area contributed by atoms with E-state index in [9.17, 15) is 4.79 Å². The molecule has 13 heavy (non-hydrogen) atoms. The summed E-state index contributed by atoms with van der Waals surface area (Å²) in [5, 5.41) is 2.68. The van der Waals surface area contributed by atoms with Crippen LogP contribution in [0.5, 0.6) is 0 Å². The molecule has 0 atom stereocenters. The number of amides is 1. The molecule has 1 aromatic rings. The highest BCUT2D eigenvalue weighted by atomic mass is 16.1. The van der Waals surface area contributed by atoms with Crippen molar-refractivity contribution in [3.63, 3.8) is 0 Å². The van der Waals surface area contributed by atoms with Crippen LogP contribution in [0.25, 0.3) is 6.20 Å². The third-order valence-corrected chi connectivity index (χ3v) is 1.74. The number of aromatic nitrogens is 1. The van der Waals surface area contributed by atoms with Crippen molar-refractivity contribution in [2.75, 3.05) is 6.54 Å². The molecular formula is C10H14N2O. The average Bonchev–Trinajstić information content (AvgIpc) is 2.76. The van der Waals surface area contributed by atoms with Crippen molar-refractivity contribution in [3.8, 4) is 0 Å². The number of rotatable bonds is 1. The molecular weight excluding hydrogens is 164 g/mol. The van der Waals surface area contributed by atoms with E-state index in [0.29, 0.717) is 0 Å². The highest BCUT2D eigenvalue weighted by Gasteiger charge is 2.05. The normalized spacial score (nSPS) is 14.3. The summed E-state index contributed by atoms with van der Waals surface area (Å²) < 4.78 is 1.89. The van der Waals surface area contributed by atoms with Gasteiger partial charge in [-0.1, -0.05) is 6.58 Å². The molecule has 70 valence electrons. The van der Waals surface area contributed by atoms with Crippen molar-refractivity contribution in [2.24, 2.45) is 0 Å². The van der Waals surface area contributed by atoms with E-state index in [1.54, 1.807) is 6.20 Å². The first-order valence-electron chi connectivity index (χ1n) is 4.34. The van der Waals surface area contributed by atoms with E-state index in [1.807, 2.05) is 29.1 Å². The highest BCUT2D eigenvalue weighted by Crippen LogP contribution is 1.93. The second-order valence-electron chi connectivity index (χ2n) is 2.77. The van der Waals surface area contributed by atoms with E-state index in [4.69, 9.17) is 0 Å². The molecule has 0 aromatic carbocycles. The molecule has 3 nitrogen and oxygen atoms in total. The van der Waals surface area contributed by atoms with Crippen LogP contribution in [0, 0.1) is 0 Å². The van der Waals surface area contributed by atoms with Crippen LogP contribution in [-0.2, 0) is 4.79 Å². The number of hydrogen-bond donors (Lipinski definition) is 1. The summed E-state index contributed by atoms with van der Waals surface area (Å²) in [4.78, 5) is 10.1. The standard InChI is InChI=1S/C6H7N.C4H7NO/c1-2-7-5-3-4-6-7;6-4-2-1-3-5-4/h2-6H,1H2;1-3H2,(H,5,6). The molecule has 1 aliphatic rings. The van der Waals surface area contributed by atoms with Crippen LogP contribution < -0.4 is 5.32 Å². The van der Waals surface area contributed by atoms with Crippen molar-refractivity contribution < 1.29 is 4.79 Å². The zero-order valence-corrected chi connectivity index (χ0v) is 7.57. The summed E-state index contributed by atoms with van der Waals surface area (Å²) in [6, 6.07) is 3.92. The van der Waals surface area contributed by atoms with Gasteiger partial charge in [0.25, 0.3) is 0 Å². The summed E-state index contributed by atoms with van der Waals surface area (Å²) in [6.45, 7) is 4.45. The minimum absolute atomic E-state index is 0.204. The topological polar surface area (TPSA) is 34.0 Å². The van der Waals surface area contributed by atoms with Gasteiger partial charge in [-0.2, -0.15) is 0 Å². The number of hydrogen-bond acceptors (Lipinski definition) is 1. The number of carbonyl (C=O) groups is 1. The van der Waals surface area contributed by atoms with E-state index in [1.165, 1.54) is 0 Å². The van der Waals surface area contributed by atoms with Gasteiger partial charge in [0, 0.05) is 31.6 Å². The van der Waals surface area contributed by atoms with E-state index < -0.39 is 0 Å². The number of carbonyl (C=O) groups excluding carboxylic acids is 1. The SMILES string of the molecule is C=Cn1cccc1.O=C1CCCN1. The van der Waals surface area contributed by atoms with Crippen LogP contribution in [0.4, 0.5) is 0 Å². The van der Waals surface area contributed by atoms with Crippen LogP contribution in [-0.4, -0.2) is 17.0 Å². The average molecular weight is 178 g/mol. The molecule has 0 radical (unpaired) electrons. The lowest BCUT2D eigenvalue weighted by molar-refractivity contribution is -0.119. The predicted molar refractivity (Wildman–Crippen MR) is 53.1 cm³/mol. The van der Waals surface area contributed by atoms with Gasteiger partial charge in [-0.25, -0.2) is 0 Å². The van der Waals surface area contributed by atoms with Gasteiger partial charge in [0.2, 0.25) is 5.91 Å². The number of nitrogens with one attached hydrogen (secondary N) is 1. The van der Waals surface area contributed by atoms with Gasteiger partial charge >= 0.3 is 0 Å².